The fourth-order valence-electron chi connectivity index (χ4n) is 1.19. The molecule has 1 fully saturated rings. The molecule has 0 amide bonds. The Balaban J connectivity index is 2.29. The predicted molar refractivity (Wildman–Crippen MR) is 32.6 cm³/mol. The minimum Gasteiger partial charge on any atom is -0.303 e. The molecule has 1 aliphatic carbocycles. The zero-order chi connectivity index (χ0) is 6.04. The van der Waals surface area contributed by atoms with Crippen LogP contribution in [0.15, 0.2) is 0 Å². The molecule has 0 heterocycles. The van der Waals surface area contributed by atoms with E-state index in [0.29, 0.717) is 5.41 Å². The van der Waals surface area contributed by atoms with Crippen LogP contribution in [0.25, 0.3) is 0 Å². The standard InChI is InChI=1S/C7H12O/c1-7(5-6-8)3-2-4-7/h6H,2-5H2,1H3. The first-order valence-electron chi connectivity index (χ1n) is 3.20. The molecule has 8 heavy (non-hydrogen) atoms. The Bertz CT molecular complexity index is 92.6. The van der Waals surface area contributed by atoms with Crippen molar-refractivity contribution in [3.63, 3.8) is 0 Å². The Morgan fingerprint density at radius 3 is 2.38 bits per heavy atom. The second-order valence-corrected chi connectivity index (χ2v) is 3.04. The lowest BCUT2D eigenvalue weighted by Crippen LogP contribution is -2.25. The van der Waals surface area contributed by atoms with Crippen LogP contribution in [0, 0.1) is 5.41 Å². The summed E-state index contributed by atoms with van der Waals surface area (Å²) in [6.45, 7) is 2.19. The fraction of sp³-hybridized carbons (Fsp3) is 0.857. The van der Waals surface area contributed by atoms with E-state index in [1.165, 1.54) is 19.3 Å². The zero-order valence-corrected chi connectivity index (χ0v) is 5.31. The third-order valence-electron chi connectivity index (χ3n) is 2.14. The first-order chi connectivity index (χ1) is 3.77. The Hall–Kier alpha value is -0.330. The summed E-state index contributed by atoms with van der Waals surface area (Å²) < 4.78 is 0. The Kier molecular flexibility index (Phi) is 1.37. The van der Waals surface area contributed by atoms with Gasteiger partial charge >= 0.3 is 0 Å². The third-order valence-corrected chi connectivity index (χ3v) is 2.14. The van der Waals surface area contributed by atoms with Gasteiger partial charge in [-0.05, 0) is 18.3 Å². The molecular formula is C7H12O. The lowest BCUT2D eigenvalue weighted by Gasteiger charge is -2.36. The molecule has 0 unspecified atom stereocenters. The van der Waals surface area contributed by atoms with Crippen molar-refractivity contribution in [3.05, 3.63) is 0 Å². The van der Waals surface area contributed by atoms with Crippen LogP contribution in [0.5, 0.6) is 0 Å². The van der Waals surface area contributed by atoms with Gasteiger partial charge in [0.2, 0.25) is 0 Å². The topological polar surface area (TPSA) is 17.1 Å². The maximum Gasteiger partial charge on any atom is 0.120 e. The van der Waals surface area contributed by atoms with Gasteiger partial charge in [0, 0.05) is 6.42 Å². The molecule has 0 N–H and O–H groups in total. The molecule has 0 aromatic rings. The molecule has 0 aliphatic heterocycles. The molecule has 1 nitrogen and oxygen atoms in total. The number of hydrogen-bond donors (Lipinski definition) is 0. The number of rotatable bonds is 2. The van der Waals surface area contributed by atoms with E-state index >= 15 is 0 Å². The van der Waals surface area contributed by atoms with Crippen molar-refractivity contribution in [2.75, 3.05) is 0 Å². The lowest BCUT2D eigenvalue weighted by atomic mass is 9.69. The van der Waals surface area contributed by atoms with E-state index in [2.05, 4.69) is 6.92 Å². The molecule has 46 valence electrons. The van der Waals surface area contributed by atoms with Crippen molar-refractivity contribution in [1.82, 2.24) is 0 Å². The maximum atomic E-state index is 10.0. The minimum absolute atomic E-state index is 0.405. The molecule has 1 rings (SSSR count). The molecule has 0 aromatic carbocycles. The average molecular weight is 112 g/mol. The highest BCUT2D eigenvalue weighted by Crippen LogP contribution is 2.42. The molecule has 1 saturated carbocycles. The summed E-state index contributed by atoms with van der Waals surface area (Å²) in [5, 5.41) is 0. The largest absolute Gasteiger partial charge is 0.303 e. The quantitative estimate of drug-likeness (QED) is 0.497. The fourth-order valence-corrected chi connectivity index (χ4v) is 1.19. The number of hydrogen-bond acceptors (Lipinski definition) is 1. The zero-order valence-electron chi connectivity index (χ0n) is 5.31. The summed E-state index contributed by atoms with van der Waals surface area (Å²) in [4.78, 5) is 10.0. The summed E-state index contributed by atoms with van der Waals surface area (Å²) in [5.74, 6) is 0. The Morgan fingerprint density at radius 2 is 2.25 bits per heavy atom. The molecule has 1 heteroatoms. The lowest BCUT2D eigenvalue weighted by molar-refractivity contribution is -0.110. The van der Waals surface area contributed by atoms with E-state index in [9.17, 15) is 4.79 Å². The van der Waals surface area contributed by atoms with E-state index in [1.807, 2.05) is 0 Å². The van der Waals surface area contributed by atoms with Gasteiger partial charge in [-0.2, -0.15) is 0 Å². The highest BCUT2D eigenvalue weighted by atomic mass is 16.1. The van der Waals surface area contributed by atoms with Crippen LogP contribution in [-0.4, -0.2) is 6.29 Å². The van der Waals surface area contributed by atoms with Crippen LogP contribution >= 0.6 is 0 Å². The van der Waals surface area contributed by atoms with Gasteiger partial charge < -0.3 is 4.79 Å². The number of carbonyl (C=O) groups is 1. The van der Waals surface area contributed by atoms with Crippen LogP contribution in [0.2, 0.25) is 0 Å². The normalized spacial score (nSPS) is 24.1. The summed E-state index contributed by atoms with van der Waals surface area (Å²) in [6, 6.07) is 0. The summed E-state index contributed by atoms with van der Waals surface area (Å²) in [6.07, 6.45) is 5.65. The van der Waals surface area contributed by atoms with Crippen LogP contribution in [0.1, 0.15) is 32.6 Å². The molecule has 0 bridgehead atoms. The second kappa shape index (κ2) is 1.88. The average Bonchev–Trinajstić information content (AvgIpc) is 1.64. The molecule has 0 aromatic heterocycles. The summed E-state index contributed by atoms with van der Waals surface area (Å²) in [5.41, 5.74) is 0.405. The monoisotopic (exact) mass is 112 g/mol. The first-order valence-corrected chi connectivity index (χ1v) is 3.20. The van der Waals surface area contributed by atoms with Gasteiger partial charge in [-0.3, -0.25) is 0 Å². The molecular weight excluding hydrogens is 100 g/mol. The number of carbonyl (C=O) groups excluding carboxylic acids is 1. The van der Waals surface area contributed by atoms with Gasteiger partial charge in [-0.25, -0.2) is 0 Å². The van der Waals surface area contributed by atoms with Crippen molar-refractivity contribution in [3.8, 4) is 0 Å². The highest BCUT2D eigenvalue weighted by molar-refractivity contribution is 5.50. The summed E-state index contributed by atoms with van der Waals surface area (Å²) in [7, 11) is 0. The van der Waals surface area contributed by atoms with Gasteiger partial charge in [0.15, 0.2) is 0 Å². The van der Waals surface area contributed by atoms with Crippen LogP contribution in [-0.2, 0) is 4.79 Å². The molecule has 1 aliphatic rings. The number of aldehydes is 1. The van der Waals surface area contributed by atoms with E-state index in [4.69, 9.17) is 0 Å². The van der Waals surface area contributed by atoms with Gasteiger partial charge in [-0.15, -0.1) is 0 Å². The SMILES string of the molecule is CC1(CC=O)CCC1. The van der Waals surface area contributed by atoms with Crippen molar-refractivity contribution in [2.24, 2.45) is 5.41 Å². The molecule has 0 atom stereocenters. The van der Waals surface area contributed by atoms with Crippen molar-refractivity contribution in [1.29, 1.82) is 0 Å². The van der Waals surface area contributed by atoms with Gasteiger partial charge in [0.25, 0.3) is 0 Å². The van der Waals surface area contributed by atoms with Crippen molar-refractivity contribution in [2.45, 2.75) is 32.6 Å². The van der Waals surface area contributed by atoms with Gasteiger partial charge in [0.05, 0.1) is 0 Å². The van der Waals surface area contributed by atoms with Crippen LogP contribution in [0.3, 0.4) is 0 Å². The minimum atomic E-state index is 0.405. The molecule has 0 saturated heterocycles. The third kappa shape index (κ3) is 0.908. The molecule has 0 spiro atoms. The summed E-state index contributed by atoms with van der Waals surface area (Å²) >= 11 is 0. The van der Waals surface area contributed by atoms with Crippen LogP contribution < -0.4 is 0 Å². The van der Waals surface area contributed by atoms with Crippen molar-refractivity contribution >= 4 is 6.29 Å². The highest BCUT2D eigenvalue weighted by Gasteiger charge is 2.30. The van der Waals surface area contributed by atoms with Crippen molar-refractivity contribution < 1.29 is 4.79 Å². The Labute approximate surface area is 50.1 Å². The second-order valence-electron chi connectivity index (χ2n) is 3.04. The van der Waals surface area contributed by atoms with E-state index in [1.54, 1.807) is 0 Å². The van der Waals surface area contributed by atoms with E-state index < -0.39 is 0 Å². The molecule has 0 radical (unpaired) electrons. The van der Waals surface area contributed by atoms with E-state index in [-0.39, 0.29) is 0 Å². The van der Waals surface area contributed by atoms with Gasteiger partial charge in [0.1, 0.15) is 6.29 Å². The van der Waals surface area contributed by atoms with Crippen LogP contribution in [0.4, 0.5) is 0 Å². The predicted octanol–water partition coefficient (Wildman–Crippen LogP) is 1.77. The smallest absolute Gasteiger partial charge is 0.120 e. The van der Waals surface area contributed by atoms with Gasteiger partial charge in [-0.1, -0.05) is 13.3 Å². The Morgan fingerprint density at radius 1 is 1.62 bits per heavy atom. The maximum absolute atomic E-state index is 10.0. The van der Waals surface area contributed by atoms with E-state index in [0.717, 1.165) is 12.7 Å². The first kappa shape index (κ1) is 5.80.